The Labute approximate surface area is 108 Å². The average Bonchev–Trinajstić information content (AvgIpc) is 2.37. The minimum atomic E-state index is -1.65. The second-order valence-electron chi connectivity index (χ2n) is 3.86. The molecule has 0 aliphatic rings. The van der Waals surface area contributed by atoms with Gasteiger partial charge < -0.3 is 15.9 Å². The first-order chi connectivity index (χ1) is 8.50. The van der Waals surface area contributed by atoms with E-state index in [-0.39, 0.29) is 0 Å². The summed E-state index contributed by atoms with van der Waals surface area (Å²) in [5.74, 6) is -0.986. The van der Waals surface area contributed by atoms with Gasteiger partial charge in [0.2, 0.25) is 5.91 Å². The van der Waals surface area contributed by atoms with Crippen molar-refractivity contribution in [1.82, 2.24) is 4.98 Å². The maximum Gasteiger partial charge on any atom is 0.249 e. The lowest BCUT2D eigenvalue weighted by Gasteiger charge is -2.15. The molecule has 2 atom stereocenters. The molecule has 94 valence electrons. The number of rotatable bonds is 3. The van der Waals surface area contributed by atoms with Gasteiger partial charge in [0.15, 0.2) is 6.10 Å². The lowest BCUT2D eigenvalue weighted by molar-refractivity contribution is -0.131. The number of nitrogens with two attached hydrogens (primary N) is 1. The average molecular weight is 267 g/mol. The molecule has 0 saturated carbocycles. The number of carbonyl (C=O) groups excluding carboxylic acids is 1. The Morgan fingerprint density at radius 1 is 1.33 bits per heavy atom. The third-order valence-electron chi connectivity index (χ3n) is 2.64. The summed E-state index contributed by atoms with van der Waals surface area (Å²) >= 11 is 6.00. The van der Waals surface area contributed by atoms with E-state index in [1.807, 2.05) is 0 Å². The van der Waals surface area contributed by atoms with Crippen LogP contribution in [-0.4, -0.2) is 27.2 Å². The highest BCUT2D eigenvalue weighted by atomic mass is 35.5. The van der Waals surface area contributed by atoms with E-state index in [4.69, 9.17) is 17.3 Å². The largest absolute Gasteiger partial charge is 0.385 e. The minimum Gasteiger partial charge on any atom is -0.385 e. The van der Waals surface area contributed by atoms with E-state index in [1.54, 1.807) is 30.5 Å². The zero-order chi connectivity index (χ0) is 13.3. The number of halogens is 1. The number of fused-ring (bicyclic) bond motifs is 1. The fourth-order valence-electron chi connectivity index (χ4n) is 1.65. The summed E-state index contributed by atoms with van der Waals surface area (Å²) in [5.41, 5.74) is 5.94. The SMILES string of the molecule is NC(=O)C(O)C(O)c1ccc2nccc(Cl)c2c1. The Morgan fingerprint density at radius 2 is 2.06 bits per heavy atom. The van der Waals surface area contributed by atoms with Gasteiger partial charge in [0.1, 0.15) is 6.10 Å². The van der Waals surface area contributed by atoms with Gasteiger partial charge >= 0.3 is 0 Å². The molecule has 5 nitrogen and oxygen atoms in total. The molecular formula is C12H11ClN2O3. The summed E-state index contributed by atoms with van der Waals surface area (Å²) < 4.78 is 0. The molecule has 2 unspecified atom stereocenters. The predicted octanol–water partition coefficient (Wildman–Crippen LogP) is 0.768. The third kappa shape index (κ3) is 2.28. The Hall–Kier alpha value is -1.69. The van der Waals surface area contributed by atoms with Crippen molar-refractivity contribution in [1.29, 1.82) is 0 Å². The molecule has 4 N–H and O–H groups in total. The molecule has 18 heavy (non-hydrogen) atoms. The van der Waals surface area contributed by atoms with Gasteiger partial charge in [-0.05, 0) is 23.8 Å². The monoisotopic (exact) mass is 266 g/mol. The number of benzene rings is 1. The number of aromatic nitrogens is 1. The van der Waals surface area contributed by atoms with Crippen LogP contribution in [0.25, 0.3) is 10.9 Å². The lowest BCUT2D eigenvalue weighted by Crippen LogP contribution is -2.33. The van der Waals surface area contributed by atoms with Gasteiger partial charge in [0, 0.05) is 11.6 Å². The van der Waals surface area contributed by atoms with E-state index in [2.05, 4.69) is 4.98 Å². The quantitative estimate of drug-likeness (QED) is 0.764. The second-order valence-corrected chi connectivity index (χ2v) is 4.27. The maximum absolute atomic E-state index is 10.8. The molecule has 6 heteroatoms. The standard InChI is InChI=1S/C12H11ClN2O3/c13-8-3-4-15-9-2-1-6(5-7(8)9)10(16)11(17)12(14)18/h1-5,10-11,16-17H,(H2,14,18). The van der Waals surface area contributed by atoms with Crippen LogP contribution in [0.15, 0.2) is 30.5 Å². The summed E-state index contributed by atoms with van der Waals surface area (Å²) in [5, 5.41) is 20.3. The summed E-state index contributed by atoms with van der Waals surface area (Å²) in [6.07, 6.45) is -1.47. The number of pyridine rings is 1. The molecule has 0 bridgehead atoms. The summed E-state index contributed by atoms with van der Waals surface area (Å²) in [6, 6.07) is 6.39. The molecule has 0 saturated heterocycles. The van der Waals surface area contributed by atoms with Gasteiger partial charge in [-0.15, -0.1) is 0 Å². The van der Waals surface area contributed by atoms with Crippen molar-refractivity contribution >= 4 is 28.4 Å². The van der Waals surface area contributed by atoms with Crippen LogP contribution in [-0.2, 0) is 4.79 Å². The van der Waals surface area contributed by atoms with Crippen LogP contribution in [0.2, 0.25) is 5.02 Å². The number of aliphatic hydroxyl groups excluding tert-OH is 2. The first kappa shape index (κ1) is 12.8. The van der Waals surface area contributed by atoms with E-state index in [1.165, 1.54) is 0 Å². The number of carbonyl (C=O) groups is 1. The van der Waals surface area contributed by atoms with Crippen LogP contribution in [0.5, 0.6) is 0 Å². The Kier molecular flexibility index (Phi) is 3.47. The highest BCUT2D eigenvalue weighted by Gasteiger charge is 2.23. The van der Waals surface area contributed by atoms with Crippen molar-refractivity contribution in [2.24, 2.45) is 5.73 Å². The molecule has 1 aromatic heterocycles. The lowest BCUT2D eigenvalue weighted by atomic mass is 10.0. The molecule has 0 aliphatic heterocycles. The zero-order valence-corrected chi connectivity index (χ0v) is 10.0. The van der Waals surface area contributed by atoms with E-state index in [0.29, 0.717) is 21.5 Å². The molecule has 1 aromatic carbocycles. The molecule has 0 fully saturated rings. The van der Waals surface area contributed by atoms with Crippen molar-refractivity contribution in [3.05, 3.63) is 41.0 Å². The van der Waals surface area contributed by atoms with Crippen LogP contribution in [0.4, 0.5) is 0 Å². The first-order valence-electron chi connectivity index (χ1n) is 5.20. The van der Waals surface area contributed by atoms with Gasteiger partial charge in [-0.3, -0.25) is 9.78 Å². The first-order valence-corrected chi connectivity index (χ1v) is 5.58. The summed E-state index contributed by atoms with van der Waals surface area (Å²) in [6.45, 7) is 0. The van der Waals surface area contributed by atoms with Crippen LogP contribution in [0, 0.1) is 0 Å². The van der Waals surface area contributed by atoms with Crippen LogP contribution < -0.4 is 5.73 Å². The zero-order valence-electron chi connectivity index (χ0n) is 9.25. The number of aliphatic hydroxyl groups is 2. The van der Waals surface area contributed by atoms with E-state index in [9.17, 15) is 15.0 Å². The normalized spacial score (nSPS) is 14.4. The van der Waals surface area contributed by atoms with E-state index >= 15 is 0 Å². The number of nitrogens with zero attached hydrogens (tertiary/aromatic N) is 1. The molecule has 1 amide bonds. The van der Waals surface area contributed by atoms with Gasteiger partial charge in [-0.1, -0.05) is 17.7 Å². The molecule has 0 aliphatic carbocycles. The van der Waals surface area contributed by atoms with Crippen molar-refractivity contribution in [3.8, 4) is 0 Å². The Bertz CT molecular complexity index is 603. The molecule has 2 rings (SSSR count). The number of hydrogen-bond donors (Lipinski definition) is 3. The molecule has 1 heterocycles. The molecular weight excluding hydrogens is 256 g/mol. The van der Waals surface area contributed by atoms with E-state index in [0.717, 1.165) is 0 Å². The fourth-order valence-corrected chi connectivity index (χ4v) is 1.86. The fraction of sp³-hybridized carbons (Fsp3) is 0.167. The Balaban J connectivity index is 2.47. The van der Waals surface area contributed by atoms with Crippen molar-refractivity contribution < 1.29 is 15.0 Å². The van der Waals surface area contributed by atoms with Crippen molar-refractivity contribution in [2.75, 3.05) is 0 Å². The predicted molar refractivity (Wildman–Crippen MR) is 66.9 cm³/mol. The highest BCUT2D eigenvalue weighted by Crippen LogP contribution is 2.26. The molecule has 0 radical (unpaired) electrons. The number of hydrogen-bond acceptors (Lipinski definition) is 4. The van der Waals surface area contributed by atoms with Gasteiger partial charge in [-0.2, -0.15) is 0 Å². The summed E-state index contributed by atoms with van der Waals surface area (Å²) in [7, 11) is 0. The number of amides is 1. The number of primary amides is 1. The van der Waals surface area contributed by atoms with E-state index < -0.39 is 18.1 Å². The van der Waals surface area contributed by atoms with Crippen LogP contribution in [0.1, 0.15) is 11.7 Å². The van der Waals surface area contributed by atoms with Crippen LogP contribution in [0.3, 0.4) is 0 Å². The van der Waals surface area contributed by atoms with Gasteiger partial charge in [0.25, 0.3) is 0 Å². The van der Waals surface area contributed by atoms with Gasteiger partial charge in [0.05, 0.1) is 10.5 Å². The minimum absolute atomic E-state index is 0.351. The molecule has 0 spiro atoms. The summed E-state index contributed by atoms with van der Waals surface area (Å²) in [4.78, 5) is 14.9. The second kappa shape index (κ2) is 4.89. The maximum atomic E-state index is 10.8. The molecule has 2 aromatic rings. The smallest absolute Gasteiger partial charge is 0.249 e. The van der Waals surface area contributed by atoms with Gasteiger partial charge in [-0.25, -0.2) is 0 Å². The highest BCUT2D eigenvalue weighted by molar-refractivity contribution is 6.35. The third-order valence-corrected chi connectivity index (χ3v) is 2.97. The van der Waals surface area contributed by atoms with Crippen molar-refractivity contribution in [3.63, 3.8) is 0 Å². The van der Waals surface area contributed by atoms with Crippen LogP contribution >= 0.6 is 11.6 Å². The Morgan fingerprint density at radius 3 is 2.72 bits per heavy atom. The topological polar surface area (TPSA) is 96.4 Å². The van der Waals surface area contributed by atoms with Crippen molar-refractivity contribution in [2.45, 2.75) is 12.2 Å².